The molecule has 0 saturated carbocycles. The summed E-state index contributed by atoms with van der Waals surface area (Å²) < 4.78 is 1.47. The van der Waals surface area contributed by atoms with Gasteiger partial charge in [-0.1, -0.05) is 11.6 Å². The highest BCUT2D eigenvalue weighted by Crippen LogP contribution is 2.29. The average Bonchev–Trinajstić information content (AvgIpc) is 2.79. The third kappa shape index (κ3) is 3.56. The lowest BCUT2D eigenvalue weighted by Gasteiger charge is -2.35. The Morgan fingerprint density at radius 1 is 1.26 bits per heavy atom. The quantitative estimate of drug-likeness (QED) is 0.833. The number of aromatic nitrogens is 3. The van der Waals surface area contributed by atoms with Crippen LogP contribution in [0, 0.1) is 12.8 Å². The molecular formula is C20H27N5O2. The number of hydrogen-bond acceptors (Lipinski definition) is 4. The monoisotopic (exact) mass is 369 g/mol. The molecule has 27 heavy (non-hydrogen) atoms. The fourth-order valence-electron chi connectivity index (χ4n) is 4.25. The van der Waals surface area contributed by atoms with Crippen molar-refractivity contribution in [2.45, 2.75) is 46.2 Å². The van der Waals surface area contributed by atoms with Gasteiger partial charge in [0.25, 0.3) is 5.56 Å². The Hall–Kier alpha value is -2.41. The first-order valence-electron chi connectivity index (χ1n) is 9.65. The standard InChI is InChI=1S/C20H27N5O2/c1-13(2)6-7-24-17-5-4-15(20(24)27)10-23(12-17)11-16-9-19(26)25-18(21-16)8-14(3)22-25/h6,8-9,15,17,22H,4-5,7,10-12H2,1-3H3/t15-,17+/m1/s1. The van der Waals surface area contributed by atoms with E-state index in [0.29, 0.717) is 18.7 Å². The number of amides is 1. The van der Waals surface area contributed by atoms with Crippen molar-refractivity contribution in [2.75, 3.05) is 19.6 Å². The maximum Gasteiger partial charge on any atom is 0.272 e. The van der Waals surface area contributed by atoms with Gasteiger partial charge in [-0.2, -0.15) is 0 Å². The molecule has 2 bridgehead atoms. The highest BCUT2D eigenvalue weighted by Gasteiger charge is 2.40. The zero-order valence-corrected chi connectivity index (χ0v) is 16.2. The van der Waals surface area contributed by atoms with Crippen molar-refractivity contribution in [1.82, 2.24) is 24.4 Å². The number of piperidine rings is 1. The lowest BCUT2D eigenvalue weighted by atomic mass is 9.94. The molecule has 3 fully saturated rings. The molecule has 7 heteroatoms. The zero-order chi connectivity index (χ0) is 19.1. The summed E-state index contributed by atoms with van der Waals surface area (Å²) in [6, 6.07) is 3.71. The summed E-state index contributed by atoms with van der Waals surface area (Å²) in [5, 5.41) is 3.00. The predicted octanol–water partition coefficient (Wildman–Crippen LogP) is 1.72. The number of fused-ring (bicyclic) bond motifs is 5. The van der Waals surface area contributed by atoms with Gasteiger partial charge in [0.15, 0.2) is 5.65 Å². The van der Waals surface area contributed by atoms with Crippen LogP contribution in [0.5, 0.6) is 0 Å². The lowest BCUT2D eigenvalue weighted by Crippen LogP contribution is -2.47. The summed E-state index contributed by atoms with van der Waals surface area (Å²) in [5.74, 6) is 0.324. The van der Waals surface area contributed by atoms with Crippen LogP contribution in [0.25, 0.3) is 5.65 Å². The van der Waals surface area contributed by atoms with Crippen molar-refractivity contribution >= 4 is 11.6 Å². The second kappa shape index (κ2) is 6.96. The molecule has 2 aromatic heterocycles. The molecule has 7 nitrogen and oxygen atoms in total. The Labute approximate surface area is 158 Å². The van der Waals surface area contributed by atoms with E-state index in [4.69, 9.17) is 0 Å². The summed E-state index contributed by atoms with van der Waals surface area (Å²) in [6.45, 7) is 8.93. The average molecular weight is 369 g/mol. The first-order valence-corrected chi connectivity index (χ1v) is 9.65. The van der Waals surface area contributed by atoms with Crippen LogP contribution in [0.1, 0.15) is 38.1 Å². The van der Waals surface area contributed by atoms with Crippen LogP contribution in [0.4, 0.5) is 0 Å². The van der Waals surface area contributed by atoms with Gasteiger partial charge < -0.3 is 4.90 Å². The SMILES string of the molecule is CC(C)=CCN1C(=O)[C@@H]2CC[C@H]1CN(Cc1cc(=O)n3[nH]c(C)cc3n1)C2. The predicted molar refractivity (Wildman–Crippen MR) is 103 cm³/mol. The number of nitrogens with zero attached hydrogens (tertiary/aromatic N) is 4. The van der Waals surface area contributed by atoms with Gasteiger partial charge in [0.1, 0.15) is 0 Å². The highest BCUT2D eigenvalue weighted by molar-refractivity contribution is 5.80. The van der Waals surface area contributed by atoms with Crippen molar-refractivity contribution in [3.05, 3.63) is 45.5 Å². The first kappa shape index (κ1) is 18.0. The number of allylic oxidation sites excluding steroid dienone is 1. The fourth-order valence-corrected chi connectivity index (χ4v) is 4.25. The summed E-state index contributed by atoms with van der Waals surface area (Å²) in [4.78, 5) is 34.1. The molecule has 5 heterocycles. The van der Waals surface area contributed by atoms with E-state index < -0.39 is 0 Å². The number of aryl methyl sites for hydroxylation is 1. The van der Waals surface area contributed by atoms with Crippen LogP contribution < -0.4 is 5.56 Å². The minimum absolute atomic E-state index is 0.0497. The Kier molecular flexibility index (Phi) is 4.63. The second-order valence-corrected chi connectivity index (χ2v) is 8.11. The Balaban J connectivity index is 1.55. The molecule has 0 unspecified atom stereocenters. The van der Waals surface area contributed by atoms with Crippen molar-refractivity contribution in [3.63, 3.8) is 0 Å². The number of aromatic amines is 1. The van der Waals surface area contributed by atoms with Gasteiger partial charge in [0.2, 0.25) is 5.91 Å². The third-order valence-electron chi connectivity index (χ3n) is 5.58. The lowest BCUT2D eigenvalue weighted by molar-refractivity contribution is -0.139. The number of hydrogen-bond donors (Lipinski definition) is 1. The molecule has 1 N–H and O–H groups in total. The number of carbonyl (C=O) groups is 1. The molecule has 5 rings (SSSR count). The Bertz CT molecular complexity index is 953. The van der Waals surface area contributed by atoms with Crippen LogP contribution in [0.2, 0.25) is 0 Å². The molecule has 0 spiro atoms. The Morgan fingerprint density at radius 3 is 2.85 bits per heavy atom. The number of rotatable bonds is 4. The molecule has 0 radical (unpaired) electrons. The number of nitrogens with one attached hydrogen (secondary N) is 1. The van der Waals surface area contributed by atoms with Gasteiger partial charge in [-0.3, -0.25) is 19.6 Å². The zero-order valence-electron chi connectivity index (χ0n) is 16.2. The van der Waals surface area contributed by atoms with Gasteiger partial charge in [-0.25, -0.2) is 9.50 Å². The van der Waals surface area contributed by atoms with Gasteiger partial charge in [0.05, 0.1) is 11.6 Å². The minimum Gasteiger partial charge on any atom is -0.334 e. The molecule has 2 atom stereocenters. The molecule has 0 aromatic carbocycles. The van der Waals surface area contributed by atoms with Crippen LogP contribution in [0.3, 0.4) is 0 Å². The Morgan fingerprint density at radius 2 is 2.07 bits per heavy atom. The molecular weight excluding hydrogens is 342 g/mol. The van der Waals surface area contributed by atoms with E-state index in [9.17, 15) is 9.59 Å². The van der Waals surface area contributed by atoms with E-state index in [1.165, 1.54) is 10.1 Å². The van der Waals surface area contributed by atoms with Crippen molar-refractivity contribution in [1.29, 1.82) is 0 Å². The molecule has 144 valence electrons. The van der Waals surface area contributed by atoms with Gasteiger partial charge >= 0.3 is 0 Å². The van der Waals surface area contributed by atoms with E-state index in [2.05, 4.69) is 34.9 Å². The number of carbonyl (C=O) groups excluding carboxylic acids is 1. The normalized spacial score (nSPS) is 23.1. The molecule has 3 aliphatic heterocycles. The summed E-state index contributed by atoms with van der Waals surface area (Å²) in [6.07, 6.45) is 4.14. The molecule has 0 aliphatic carbocycles. The smallest absolute Gasteiger partial charge is 0.272 e. The largest absolute Gasteiger partial charge is 0.334 e. The van der Waals surface area contributed by atoms with E-state index >= 15 is 0 Å². The van der Waals surface area contributed by atoms with Crippen LogP contribution in [-0.4, -0.2) is 56.0 Å². The molecule has 1 amide bonds. The van der Waals surface area contributed by atoms with E-state index in [1.54, 1.807) is 6.07 Å². The van der Waals surface area contributed by atoms with Crippen molar-refractivity contribution in [2.24, 2.45) is 5.92 Å². The van der Waals surface area contributed by atoms with Crippen molar-refractivity contribution < 1.29 is 4.79 Å². The van der Waals surface area contributed by atoms with Crippen molar-refractivity contribution in [3.8, 4) is 0 Å². The number of H-pyrrole nitrogens is 1. The molecule has 3 saturated heterocycles. The molecule has 2 aromatic rings. The van der Waals surface area contributed by atoms with E-state index in [1.807, 2.05) is 17.9 Å². The summed E-state index contributed by atoms with van der Waals surface area (Å²) in [7, 11) is 0. The van der Waals surface area contributed by atoms with Crippen LogP contribution >= 0.6 is 0 Å². The van der Waals surface area contributed by atoms with E-state index in [-0.39, 0.29) is 23.4 Å². The summed E-state index contributed by atoms with van der Waals surface area (Å²) in [5.41, 5.74) is 3.46. The molecule has 3 aliphatic rings. The maximum atomic E-state index is 12.8. The summed E-state index contributed by atoms with van der Waals surface area (Å²) >= 11 is 0. The first-order chi connectivity index (χ1) is 12.9. The highest BCUT2D eigenvalue weighted by atomic mass is 16.2. The van der Waals surface area contributed by atoms with E-state index in [0.717, 1.165) is 37.3 Å². The fraction of sp³-hybridized carbons (Fsp3) is 0.550. The second-order valence-electron chi connectivity index (χ2n) is 8.11. The van der Waals surface area contributed by atoms with Crippen LogP contribution in [-0.2, 0) is 11.3 Å². The van der Waals surface area contributed by atoms with Gasteiger partial charge in [-0.05, 0) is 33.6 Å². The van der Waals surface area contributed by atoms with Gasteiger partial charge in [-0.15, -0.1) is 0 Å². The minimum atomic E-state index is -0.0952. The third-order valence-corrected chi connectivity index (χ3v) is 5.58. The maximum absolute atomic E-state index is 12.8. The topological polar surface area (TPSA) is 73.7 Å². The van der Waals surface area contributed by atoms with Crippen LogP contribution in [0.15, 0.2) is 28.6 Å². The van der Waals surface area contributed by atoms with Gasteiger partial charge in [0, 0.05) is 50.0 Å².